The van der Waals surface area contributed by atoms with Crippen molar-refractivity contribution in [2.75, 3.05) is 41.7 Å². The van der Waals surface area contributed by atoms with Gasteiger partial charge in [0.1, 0.15) is 6.04 Å². The van der Waals surface area contributed by atoms with Crippen LogP contribution in [-0.2, 0) is 11.3 Å². The summed E-state index contributed by atoms with van der Waals surface area (Å²) in [6.45, 7) is 6.90. The number of amides is 1. The number of rotatable bonds is 7. The predicted molar refractivity (Wildman–Crippen MR) is 133 cm³/mol. The quantitative estimate of drug-likeness (QED) is 0.574. The summed E-state index contributed by atoms with van der Waals surface area (Å²) in [5, 5.41) is 15.1. The number of nitrogens with zero attached hydrogens (tertiary/aromatic N) is 3. The Morgan fingerprint density at radius 1 is 0.939 bits per heavy atom. The van der Waals surface area contributed by atoms with Crippen LogP contribution in [-0.4, -0.2) is 43.0 Å². The average Bonchev–Trinajstić information content (AvgIpc) is 2.86. The van der Waals surface area contributed by atoms with Crippen LogP contribution in [0.1, 0.15) is 18.1 Å². The summed E-state index contributed by atoms with van der Waals surface area (Å²) in [6.07, 6.45) is 0. The van der Waals surface area contributed by atoms with E-state index in [9.17, 15) is 4.79 Å². The molecule has 0 spiro atoms. The molecule has 0 bridgehead atoms. The molecule has 1 saturated heterocycles. The third-order valence-electron chi connectivity index (χ3n) is 5.89. The van der Waals surface area contributed by atoms with Gasteiger partial charge in [-0.1, -0.05) is 36.4 Å². The third kappa shape index (κ3) is 6.12. The lowest BCUT2D eigenvalue weighted by Crippen LogP contribution is -2.45. The molecule has 0 saturated carbocycles. The lowest BCUT2D eigenvalue weighted by atomic mass is 10.2. The average molecular weight is 440 g/mol. The summed E-state index contributed by atoms with van der Waals surface area (Å²) in [5.41, 5.74) is 4.59. The van der Waals surface area contributed by atoms with E-state index in [4.69, 9.17) is 5.26 Å². The molecule has 1 heterocycles. The predicted octanol–water partition coefficient (Wildman–Crippen LogP) is 4.32. The van der Waals surface area contributed by atoms with Crippen molar-refractivity contribution < 1.29 is 4.79 Å². The number of hydrogen-bond donors (Lipinski definition) is 2. The van der Waals surface area contributed by atoms with Crippen LogP contribution >= 0.6 is 0 Å². The summed E-state index contributed by atoms with van der Waals surface area (Å²) in [7, 11) is 0. The first-order valence-electron chi connectivity index (χ1n) is 11.3. The van der Waals surface area contributed by atoms with Crippen molar-refractivity contribution in [3.05, 3.63) is 90.0 Å². The molecule has 2 N–H and O–H groups in total. The Kier molecular flexibility index (Phi) is 7.23. The molecule has 33 heavy (non-hydrogen) atoms. The number of anilines is 3. The summed E-state index contributed by atoms with van der Waals surface area (Å²) in [4.78, 5) is 17.4. The summed E-state index contributed by atoms with van der Waals surface area (Å²) in [6, 6.07) is 27.4. The minimum atomic E-state index is -0.414. The smallest absolute Gasteiger partial charge is 0.246 e. The molecule has 1 amide bonds. The van der Waals surface area contributed by atoms with Crippen molar-refractivity contribution in [2.24, 2.45) is 0 Å². The van der Waals surface area contributed by atoms with E-state index >= 15 is 0 Å². The first-order chi connectivity index (χ1) is 16.1. The Bertz CT molecular complexity index is 1100. The van der Waals surface area contributed by atoms with Gasteiger partial charge in [0.2, 0.25) is 5.91 Å². The Labute approximate surface area is 195 Å². The molecular formula is C27H29N5O. The van der Waals surface area contributed by atoms with Crippen molar-refractivity contribution in [3.8, 4) is 6.07 Å². The van der Waals surface area contributed by atoms with E-state index in [1.807, 2.05) is 19.1 Å². The Morgan fingerprint density at radius 3 is 2.36 bits per heavy atom. The first kappa shape index (κ1) is 22.4. The van der Waals surface area contributed by atoms with Crippen LogP contribution in [0.25, 0.3) is 0 Å². The van der Waals surface area contributed by atoms with Crippen LogP contribution in [0.15, 0.2) is 78.9 Å². The molecule has 6 nitrogen and oxygen atoms in total. The van der Waals surface area contributed by atoms with Gasteiger partial charge in [-0.05, 0) is 55.0 Å². The van der Waals surface area contributed by atoms with Gasteiger partial charge in [-0.2, -0.15) is 5.26 Å². The lowest BCUT2D eigenvalue weighted by molar-refractivity contribution is -0.116. The largest absolute Gasteiger partial charge is 0.374 e. The SMILES string of the molecule is CC(Nc1ccc(N2CCN(Cc3ccccc3)CC2)cc1)C(=O)Nc1cccc(C#N)c1. The Balaban J connectivity index is 1.26. The van der Waals surface area contributed by atoms with E-state index in [1.165, 1.54) is 11.3 Å². The van der Waals surface area contributed by atoms with Gasteiger partial charge in [0.25, 0.3) is 0 Å². The summed E-state index contributed by atoms with van der Waals surface area (Å²) >= 11 is 0. The van der Waals surface area contributed by atoms with E-state index in [-0.39, 0.29) is 5.91 Å². The van der Waals surface area contributed by atoms with Crippen LogP contribution in [0.5, 0.6) is 0 Å². The zero-order chi connectivity index (χ0) is 23.0. The van der Waals surface area contributed by atoms with Gasteiger partial charge in [0.05, 0.1) is 11.6 Å². The molecule has 168 valence electrons. The van der Waals surface area contributed by atoms with Gasteiger partial charge < -0.3 is 15.5 Å². The van der Waals surface area contributed by atoms with E-state index < -0.39 is 6.04 Å². The lowest BCUT2D eigenvalue weighted by Gasteiger charge is -2.36. The monoisotopic (exact) mass is 439 g/mol. The number of nitriles is 1. The molecular weight excluding hydrogens is 410 g/mol. The van der Waals surface area contributed by atoms with E-state index in [1.54, 1.807) is 24.3 Å². The minimum Gasteiger partial charge on any atom is -0.374 e. The molecule has 3 aromatic rings. The normalized spacial score (nSPS) is 14.8. The molecule has 1 aliphatic rings. The zero-order valence-corrected chi connectivity index (χ0v) is 18.9. The van der Waals surface area contributed by atoms with Crippen LogP contribution in [0.4, 0.5) is 17.1 Å². The number of hydrogen-bond acceptors (Lipinski definition) is 5. The van der Waals surface area contributed by atoms with E-state index in [0.717, 1.165) is 38.4 Å². The van der Waals surface area contributed by atoms with Gasteiger partial charge >= 0.3 is 0 Å². The number of piperazine rings is 1. The topological polar surface area (TPSA) is 71.4 Å². The maximum Gasteiger partial charge on any atom is 0.246 e. The molecule has 1 atom stereocenters. The fourth-order valence-electron chi connectivity index (χ4n) is 4.01. The van der Waals surface area contributed by atoms with Crippen molar-refractivity contribution in [1.82, 2.24) is 4.90 Å². The van der Waals surface area contributed by atoms with Gasteiger partial charge in [-0.3, -0.25) is 9.69 Å². The molecule has 4 rings (SSSR count). The number of benzene rings is 3. The van der Waals surface area contributed by atoms with Gasteiger partial charge in [-0.25, -0.2) is 0 Å². The highest BCUT2D eigenvalue weighted by Crippen LogP contribution is 2.21. The maximum absolute atomic E-state index is 12.5. The van der Waals surface area contributed by atoms with Crippen molar-refractivity contribution in [3.63, 3.8) is 0 Å². The number of nitrogens with one attached hydrogen (secondary N) is 2. The van der Waals surface area contributed by atoms with E-state index in [0.29, 0.717) is 11.3 Å². The molecule has 1 unspecified atom stereocenters. The first-order valence-corrected chi connectivity index (χ1v) is 11.3. The fraction of sp³-hybridized carbons (Fsp3) is 0.259. The second-order valence-electron chi connectivity index (χ2n) is 8.34. The number of carbonyl (C=O) groups is 1. The Hall–Kier alpha value is -3.82. The van der Waals surface area contributed by atoms with Gasteiger partial charge in [0.15, 0.2) is 0 Å². The third-order valence-corrected chi connectivity index (χ3v) is 5.89. The van der Waals surface area contributed by atoms with Crippen LogP contribution in [0.3, 0.4) is 0 Å². The number of carbonyl (C=O) groups excluding carboxylic acids is 1. The van der Waals surface area contributed by atoms with E-state index in [2.05, 4.69) is 69.0 Å². The summed E-state index contributed by atoms with van der Waals surface area (Å²) in [5.74, 6) is -0.149. The molecule has 6 heteroatoms. The molecule has 3 aromatic carbocycles. The highest BCUT2D eigenvalue weighted by molar-refractivity contribution is 5.96. The maximum atomic E-state index is 12.5. The molecule has 0 radical (unpaired) electrons. The minimum absolute atomic E-state index is 0.149. The van der Waals surface area contributed by atoms with Crippen molar-refractivity contribution in [2.45, 2.75) is 19.5 Å². The molecule has 1 fully saturated rings. The summed E-state index contributed by atoms with van der Waals surface area (Å²) < 4.78 is 0. The van der Waals surface area contributed by atoms with Crippen molar-refractivity contribution in [1.29, 1.82) is 5.26 Å². The van der Waals surface area contributed by atoms with Gasteiger partial charge in [-0.15, -0.1) is 0 Å². The second-order valence-corrected chi connectivity index (χ2v) is 8.34. The van der Waals surface area contributed by atoms with Crippen LogP contribution in [0, 0.1) is 11.3 Å². The second kappa shape index (κ2) is 10.7. The standard InChI is InChI=1S/C27H29N5O/c1-21(27(33)30-25-9-5-8-23(18-25)19-28)29-24-10-12-26(13-11-24)32-16-14-31(15-17-32)20-22-6-3-2-4-7-22/h2-13,18,21,29H,14-17,20H2,1H3,(H,30,33). The molecule has 1 aliphatic heterocycles. The fourth-order valence-corrected chi connectivity index (χ4v) is 4.01. The molecule has 0 aromatic heterocycles. The zero-order valence-electron chi connectivity index (χ0n) is 18.9. The van der Waals surface area contributed by atoms with Gasteiger partial charge in [0, 0.05) is 49.8 Å². The highest BCUT2D eigenvalue weighted by Gasteiger charge is 2.18. The molecule has 0 aliphatic carbocycles. The Morgan fingerprint density at radius 2 is 1.67 bits per heavy atom. The van der Waals surface area contributed by atoms with Crippen molar-refractivity contribution >= 4 is 23.0 Å². The van der Waals surface area contributed by atoms with Crippen LogP contribution < -0.4 is 15.5 Å². The van der Waals surface area contributed by atoms with Crippen LogP contribution in [0.2, 0.25) is 0 Å². The highest BCUT2D eigenvalue weighted by atomic mass is 16.2.